The van der Waals surface area contributed by atoms with Crippen molar-refractivity contribution < 1.29 is 0 Å². The van der Waals surface area contributed by atoms with E-state index in [1.807, 2.05) is 12.1 Å². The lowest BCUT2D eigenvalue weighted by molar-refractivity contribution is 0.311. The summed E-state index contributed by atoms with van der Waals surface area (Å²) >= 11 is 5.93. The summed E-state index contributed by atoms with van der Waals surface area (Å²) in [6.45, 7) is 0. The summed E-state index contributed by atoms with van der Waals surface area (Å²) in [5, 5.41) is 3.47. The molecule has 0 unspecified atom stereocenters. The van der Waals surface area contributed by atoms with Gasteiger partial charge in [0.1, 0.15) is 0 Å². The number of anilines is 1. The van der Waals surface area contributed by atoms with Crippen LogP contribution < -0.4 is 5.32 Å². The Balaban J connectivity index is 2.05. The quantitative estimate of drug-likeness (QED) is 0.752. The number of rotatable bonds is 3. The Hall–Kier alpha value is -0.760. The predicted octanol–water partition coefficient (Wildman–Crippen LogP) is 2.66. The smallest absolute Gasteiger partial charge is 0.0508 e. The molecule has 1 N–H and O–H groups in total. The first-order valence-corrected chi connectivity index (χ1v) is 5.12. The zero-order chi connectivity index (χ0) is 9.15. The lowest BCUT2D eigenvalue weighted by Gasteiger charge is -2.41. The van der Waals surface area contributed by atoms with Gasteiger partial charge in [-0.25, -0.2) is 0 Å². The number of alkyl halides is 1. The van der Waals surface area contributed by atoms with Crippen molar-refractivity contribution >= 4 is 17.3 Å². The molecule has 0 atom stereocenters. The Morgan fingerprint density at radius 1 is 1.38 bits per heavy atom. The molecule has 1 aliphatic carbocycles. The Kier molecular flexibility index (Phi) is 2.40. The molecule has 1 aromatic heterocycles. The Morgan fingerprint density at radius 3 is 2.54 bits per heavy atom. The second-order valence-electron chi connectivity index (χ2n) is 3.63. The first kappa shape index (κ1) is 8.82. The topological polar surface area (TPSA) is 24.9 Å². The highest BCUT2D eigenvalue weighted by atomic mass is 35.5. The number of halogens is 1. The third kappa shape index (κ3) is 1.78. The highest BCUT2D eigenvalue weighted by Crippen LogP contribution is 2.35. The van der Waals surface area contributed by atoms with Gasteiger partial charge in [-0.2, -0.15) is 0 Å². The molecule has 1 aromatic rings. The van der Waals surface area contributed by atoms with Crippen LogP contribution in [0.15, 0.2) is 24.5 Å². The van der Waals surface area contributed by atoms with Crippen LogP contribution in [-0.2, 0) is 0 Å². The average Bonchev–Trinajstić information content (AvgIpc) is 2.13. The fourth-order valence-electron chi connectivity index (χ4n) is 1.64. The fourth-order valence-corrected chi connectivity index (χ4v) is 1.97. The van der Waals surface area contributed by atoms with Crippen LogP contribution >= 0.6 is 11.6 Å². The molecular weight excluding hydrogens is 184 g/mol. The van der Waals surface area contributed by atoms with Crippen molar-refractivity contribution in [3.8, 4) is 0 Å². The van der Waals surface area contributed by atoms with Gasteiger partial charge >= 0.3 is 0 Å². The van der Waals surface area contributed by atoms with Crippen molar-refractivity contribution in [1.29, 1.82) is 0 Å². The SMILES string of the molecule is ClCC1(Nc2ccncc2)CCC1. The molecule has 0 aliphatic heterocycles. The lowest BCUT2D eigenvalue weighted by Crippen LogP contribution is -2.46. The average molecular weight is 197 g/mol. The van der Waals surface area contributed by atoms with Crippen LogP contribution in [0.3, 0.4) is 0 Å². The van der Waals surface area contributed by atoms with E-state index in [2.05, 4.69) is 10.3 Å². The van der Waals surface area contributed by atoms with Crippen LogP contribution in [0.5, 0.6) is 0 Å². The summed E-state index contributed by atoms with van der Waals surface area (Å²) in [6.07, 6.45) is 7.23. The minimum Gasteiger partial charge on any atom is -0.378 e. The lowest BCUT2D eigenvalue weighted by atomic mass is 9.78. The number of pyridine rings is 1. The van der Waals surface area contributed by atoms with Gasteiger partial charge in [0.2, 0.25) is 0 Å². The highest BCUT2D eigenvalue weighted by molar-refractivity contribution is 6.19. The van der Waals surface area contributed by atoms with Crippen LogP contribution in [0.1, 0.15) is 19.3 Å². The molecule has 2 nitrogen and oxygen atoms in total. The maximum atomic E-state index is 5.93. The van der Waals surface area contributed by atoms with Crippen molar-refractivity contribution in [2.75, 3.05) is 11.2 Å². The van der Waals surface area contributed by atoms with Gasteiger partial charge in [-0.3, -0.25) is 4.98 Å². The number of hydrogen-bond donors (Lipinski definition) is 1. The number of aromatic nitrogens is 1. The van der Waals surface area contributed by atoms with E-state index in [1.165, 1.54) is 19.3 Å². The van der Waals surface area contributed by atoms with E-state index in [9.17, 15) is 0 Å². The first-order valence-electron chi connectivity index (χ1n) is 4.59. The van der Waals surface area contributed by atoms with Gasteiger partial charge in [-0.15, -0.1) is 11.6 Å². The Morgan fingerprint density at radius 2 is 2.08 bits per heavy atom. The van der Waals surface area contributed by atoms with Gasteiger partial charge in [-0.1, -0.05) is 0 Å². The van der Waals surface area contributed by atoms with Gasteiger partial charge in [0.05, 0.1) is 5.54 Å². The first-order chi connectivity index (χ1) is 6.35. The van der Waals surface area contributed by atoms with E-state index in [-0.39, 0.29) is 5.54 Å². The molecule has 0 saturated heterocycles. The predicted molar refractivity (Wildman–Crippen MR) is 55.2 cm³/mol. The molecule has 1 aliphatic rings. The van der Waals surface area contributed by atoms with Crippen LogP contribution in [-0.4, -0.2) is 16.4 Å². The van der Waals surface area contributed by atoms with E-state index >= 15 is 0 Å². The molecule has 0 bridgehead atoms. The second-order valence-corrected chi connectivity index (χ2v) is 3.90. The van der Waals surface area contributed by atoms with Gasteiger partial charge in [0.25, 0.3) is 0 Å². The summed E-state index contributed by atoms with van der Waals surface area (Å²) < 4.78 is 0. The molecule has 1 heterocycles. The van der Waals surface area contributed by atoms with Crippen LogP contribution in [0, 0.1) is 0 Å². The van der Waals surface area contributed by atoms with Gasteiger partial charge in [0.15, 0.2) is 0 Å². The summed E-state index contributed by atoms with van der Waals surface area (Å²) in [5.74, 6) is 0.690. The molecule has 0 spiro atoms. The summed E-state index contributed by atoms with van der Waals surface area (Å²) in [7, 11) is 0. The van der Waals surface area contributed by atoms with Crippen molar-refractivity contribution in [2.45, 2.75) is 24.8 Å². The van der Waals surface area contributed by atoms with E-state index in [0.717, 1.165) is 5.69 Å². The Bertz CT molecular complexity index is 264. The monoisotopic (exact) mass is 196 g/mol. The number of hydrogen-bond acceptors (Lipinski definition) is 2. The zero-order valence-corrected chi connectivity index (χ0v) is 8.22. The minimum absolute atomic E-state index is 0.156. The second kappa shape index (κ2) is 3.54. The van der Waals surface area contributed by atoms with Crippen molar-refractivity contribution in [2.24, 2.45) is 0 Å². The van der Waals surface area contributed by atoms with Gasteiger partial charge in [-0.05, 0) is 31.4 Å². The number of nitrogens with one attached hydrogen (secondary N) is 1. The number of nitrogens with zero attached hydrogens (tertiary/aromatic N) is 1. The maximum absolute atomic E-state index is 5.93. The third-order valence-electron chi connectivity index (χ3n) is 2.66. The summed E-state index contributed by atoms with van der Waals surface area (Å²) in [4.78, 5) is 3.97. The standard InChI is InChI=1S/C10H13ClN2/c11-8-10(4-1-5-10)13-9-2-6-12-7-3-9/h2-3,6-7H,1,4-5,8H2,(H,12,13). The molecule has 0 radical (unpaired) electrons. The van der Waals surface area contributed by atoms with Gasteiger partial charge < -0.3 is 5.32 Å². The fraction of sp³-hybridized carbons (Fsp3) is 0.500. The van der Waals surface area contributed by atoms with E-state index < -0.39 is 0 Å². The molecule has 0 aromatic carbocycles. The molecular formula is C10H13ClN2. The zero-order valence-electron chi connectivity index (χ0n) is 7.46. The molecule has 0 amide bonds. The minimum atomic E-state index is 0.156. The van der Waals surface area contributed by atoms with E-state index in [0.29, 0.717) is 5.88 Å². The molecule has 1 saturated carbocycles. The van der Waals surface area contributed by atoms with Gasteiger partial charge in [0, 0.05) is 24.0 Å². The molecule has 70 valence electrons. The van der Waals surface area contributed by atoms with Crippen LogP contribution in [0.4, 0.5) is 5.69 Å². The van der Waals surface area contributed by atoms with Crippen molar-refractivity contribution in [3.05, 3.63) is 24.5 Å². The Labute approximate surface area is 83.3 Å². The highest BCUT2D eigenvalue weighted by Gasteiger charge is 2.35. The maximum Gasteiger partial charge on any atom is 0.0508 e. The van der Waals surface area contributed by atoms with Crippen molar-refractivity contribution in [1.82, 2.24) is 4.98 Å². The van der Waals surface area contributed by atoms with E-state index in [1.54, 1.807) is 12.4 Å². The summed E-state index contributed by atoms with van der Waals surface area (Å²) in [6, 6.07) is 3.96. The molecule has 3 heteroatoms. The third-order valence-corrected chi connectivity index (χ3v) is 3.17. The summed E-state index contributed by atoms with van der Waals surface area (Å²) in [5.41, 5.74) is 1.28. The van der Waals surface area contributed by atoms with E-state index in [4.69, 9.17) is 11.6 Å². The molecule has 1 fully saturated rings. The largest absolute Gasteiger partial charge is 0.378 e. The van der Waals surface area contributed by atoms with Crippen molar-refractivity contribution in [3.63, 3.8) is 0 Å². The van der Waals surface area contributed by atoms with Crippen LogP contribution in [0.2, 0.25) is 0 Å². The van der Waals surface area contributed by atoms with Crippen LogP contribution in [0.25, 0.3) is 0 Å². The molecule has 13 heavy (non-hydrogen) atoms. The normalized spacial score (nSPS) is 19.2. The molecule has 2 rings (SSSR count).